The van der Waals surface area contributed by atoms with Gasteiger partial charge in [-0.1, -0.05) is 5.16 Å². The van der Waals surface area contributed by atoms with Gasteiger partial charge in [0.2, 0.25) is 0 Å². The van der Waals surface area contributed by atoms with Gasteiger partial charge in [-0.15, -0.1) is 12.4 Å². The summed E-state index contributed by atoms with van der Waals surface area (Å²) >= 11 is 0. The van der Waals surface area contributed by atoms with Crippen LogP contribution in [0.3, 0.4) is 0 Å². The molecule has 0 bridgehead atoms. The van der Waals surface area contributed by atoms with Crippen molar-refractivity contribution >= 4 is 18.3 Å². The van der Waals surface area contributed by atoms with Crippen molar-refractivity contribution in [3.8, 4) is 0 Å². The van der Waals surface area contributed by atoms with E-state index < -0.39 is 0 Å². The molecule has 3 aliphatic rings. The minimum atomic E-state index is 0. The van der Waals surface area contributed by atoms with Gasteiger partial charge in [-0.25, -0.2) is 0 Å². The first kappa shape index (κ1) is 14.9. The van der Waals surface area contributed by atoms with E-state index in [0.717, 1.165) is 44.8 Å². The fourth-order valence-electron chi connectivity index (χ4n) is 3.52. The molecule has 2 aliphatic heterocycles. The Hall–Kier alpha value is -1.07. The van der Waals surface area contributed by atoms with Crippen molar-refractivity contribution in [3.05, 3.63) is 17.5 Å². The molecule has 21 heavy (non-hydrogen) atoms. The van der Waals surface area contributed by atoms with E-state index in [4.69, 9.17) is 4.52 Å². The standard InChI is InChI=1S/C15H21N3O2.ClH/c19-14(12-9-13(20-17-12)11-1-2-11)18-7-4-15(5-8-18)3-6-16-10-15;/h9,11,16H,1-8,10H2;1H. The largest absolute Gasteiger partial charge is 0.360 e. The Morgan fingerprint density at radius 2 is 2.10 bits per heavy atom. The zero-order valence-corrected chi connectivity index (χ0v) is 13.0. The highest BCUT2D eigenvalue weighted by atomic mass is 35.5. The predicted molar refractivity (Wildman–Crippen MR) is 80.8 cm³/mol. The van der Waals surface area contributed by atoms with Gasteiger partial charge in [-0.05, 0) is 44.1 Å². The van der Waals surface area contributed by atoms with E-state index in [1.54, 1.807) is 0 Å². The Labute approximate surface area is 130 Å². The summed E-state index contributed by atoms with van der Waals surface area (Å²) in [5.41, 5.74) is 0.937. The summed E-state index contributed by atoms with van der Waals surface area (Å²) in [5, 5.41) is 7.41. The van der Waals surface area contributed by atoms with E-state index in [2.05, 4.69) is 10.5 Å². The van der Waals surface area contributed by atoms with Crippen LogP contribution in [0.4, 0.5) is 0 Å². The molecule has 1 aromatic rings. The first-order chi connectivity index (χ1) is 9.76. The fourth-order valence-corrected chi connectivity index (χ4v) is 3.52. The highest BCUT2D eigenvalue weighted by Gasteiger charge is 2.38. The fraction of sp³-hybridized carbons (Fsp3) is 0.733. The molecule has 0 unspecified atom stereocenters. The van der Waals surface area contributed by atoms with Crippen LogP contribution < -0.4 is 5.32 Å². The van der Waals surface area contributed by atoms with Crippen LogP contribution in [0.15, 0.2) is 10.6 Å². The Kier molecular flexibility index (Phi) is 3.97. The number of amides is 1. The zero-order valence-electron chi connectivity index (χ0n) is 12.1. The molecular formula is C15H22ClN3O2. The Bertz CT molecular complexity index is 511. The summed E-state index contributed by atoms with van der Waals surface area (Å²) in [6, 6.07) is 1.85. The molecule has 0 radical (unpaired) electrons. The average molecular weight is 312 g/mol. The molecule has 1 saturated carbocycles. The number of carbonyl (C=O) groups excluding carboxylic acids is 1. The smallest absolute Gasteiger partial charge is 0.276 e. The SMILES string of the molecule is Cl.O=C(c1cc(C2CC2)on1)N1CCC2(CCNC2)CC1. The Morgan fingerprint density at radius 1 is 1.33 bits per heavy atom. The molecule has 3 heterocycles. The van der Waals surface area contributed by atoms with Crippen LogP contribution >= 0.6 is 12.4 Å². The van der Waals surface area contributed by atoms with Crippen molar-refractivity contribution in [1.29, 1.82) is 0 Å². The van der Waals surface area contributed by atoms with Gasteiger partial charge in [-0.2, -0.15) is 0 Å². The molecule has 3 fully saturated rings. The molecule has 0 aromatic carbocycles. The lowest BCUT2D eigenvalue weighted by molar-refractivity contribution is 0.0597. The molecule has 1 N–H and O–H groups in total. The van der Waals surface area contributed by atoms with Crippen molar-refractivity contribution in [3.63, 3.8) is 0 Å². The number of rotatable bonds is 2. The Morgan fingerprint density at radius 3 is 2.71 bits per heavy atom. The van der Waals surface area contributed by atoms with Crippen LogP contribution in [0.25, 0.3) is 0 Å². The summed E-state index contributed by atoms with van der Waals surface area (Å²) in [5.74, 6) is 1.45. The predicted octanol–water partition coefficient (Wildman–Crippen LogP) is 2.19. The van der Waals surface area contributed by atoms with Crippen molar-refractivity contribution < 1.29 is 9.32 Å². The van der Waals surface area contributed by atoms with E-state index in [9.17, 15) is 4.79 Å². The monoisotopic (exact) mass is 311 g/mol. The summed E-state index contributed by atoms with van der Waals surface area (Å²) in [6.45, 7) is 3.95. The van der Waals surface area contributed by atoms with Crippen molar-refractivity contribution in [2.24, 2.45) is 5.41 Å². The second-order valence-electron chi connectivity index (χ2n) is 6.61. The first-order valence-corrected chi connectivity index (χ1v) is 7.72. The number of hydrogen-bond donors (Lipinski definition) is 1. The third-order valence-corrected chi connectivity index (χ3v) is 5.17. The summed E-state index contributed by atoms with van der Waals surface area (Å²) in [7, 11) is 0. The summed E-state index contributed by atoms with van der Waals surface area (Å²) < 4.78 is 5.29. The van der Waals surface area contributed by atoms with Gasteiger partial charge in [0.1, 0.15) is 5.76 Å². The highest BCUT2D eigenvalue weighted by molar-refractivity contribution is 5.92. The number of carbonyl (C=O) groups is 1. The molecular weight excluding hydrogens is 290 g/mol. The minimum Gasteiger partial charge on any atom is -0.360 e. The molecule has 5 nitrogen and oxygen atoms in total. The summed E-state index contributed by atoms with van der Waals surface area (Å²) in [4.78, 5) is 14.4. The molecule has 1 spiro atoms. The van der Waals surface area contributed by atoms with E-state index in [1.807, 2.05) is 11.0 Å². The summed E-state index contributed by atoms with van der Waals surface area (Å²) in [6.07, 6.45) is 5.81. The maximum atomic E-state index is 12.4. The van der Waals surface area contributed by atoms with Gasteiger partial charge in [0.25, 0.3) is 5.91 Å². The van der Waals surface area contributed by atoms with Gasteiger partial charge in [0.15, 0.2) is 5.69 Å². The van der Waals surface area contributed by atoms with Crippen molar-refractivity contribution in [2.75, 3.05) is 26.2 Å². The van der Waals surface area contributed by atoms with Crippen LogP contribution in [0.5, 0.6) is 0 Å². The second-order valence-corrected chi connectivity index (χ2v) is 6.61. The molecule has 1 amide bonds. The van der Waals surface area contributed by atoms with Gasteiger partial charge in [0.05, 0.1) is 0 Å². The van der Waals surface area contributed by atoms with Crippen LogP contribution in [-0.4, -0.2) is 42.1 Å². The van der Waals surface area contributed by atoms with Crippen LogP contribution in [0.2, 0.25) is 0 Å². The molecule has 4 rings (SSSR count). The number of piperidine rings is 1. The van der Waals surface area contributed by atoms with Gasteiger partial charge < -0.3 is 14.7 Å². The number of halogens is 1. The number of nitrogens with one attached hydrogen (secondary N) is 1. The van der Waals surface area contributed by atoms with E-state index in [0.29, 0.717) is 17.0 Å². The number of likely N-dealkylation sites (tertiary alicyclic amines) is 1. The number of aromatic nitrogens is 1. The van der Waals surface area contributed by atoms with Crippen LogP contribution in [-0.2, 0) is 0 Å². The van der Waals surface area contributed by atoms with Gasteiger partial charge in [-0.3, -0.25) is 4.79 Å². The highest BCUT2D eigenvalue weighted by Crippen LogP contribution is 2.40. The minimum absolute atomic E-state index is 0. The normalized spacial score (nSPS) is 24.1. The maximum absolute atomic E-state index is 12.4. The number of hydrogen-bond acceptors (Lipinski definition) is 4. The van der Waals surface area contributed by atoms with Crippen LogP contribution in [0.1, 0.15) is 54.3 Å². The second kappa shape index (κ2) is 5.61. The van der Waals surface area contributed by atoms with Gasteiger partial charge in [0, 0.05) is 31.6 Å². The molecule has 1 aliphatic carbocycles. The molecule has 2 saturated heterocycles. The quantitative estimate of drug-likeness (QED) is 0.909. The topological polar surface area (TPSA) is 58.4 Å². The Balaban J connectivity index is 0.00000132. The zero-order chi connectivity index (χ0) is 13.6. The van der Waals surface area contributed by atoms with E-state index in [-0.39, 0.29) is 18.3 Å². The lowest BCUT2D eigenvalue weighted by Crippen LogP contribution is -2.44. The average Bonchev–Trinajstić information content (AvgIpc) is 3.04. The maximum Gasteiger partial charge on any atom is 0.276 e. The van der Waals surface area contributed by atoms with Gasteiger partial charge >= 0.3 is 0 Å². The number of nitrogens with zero attached hydrogens (tertiary/aromatic N) is 2. The lowest BCUT2D eigenvalue weighted by atomic mass is 9.78. The van der Waals surface area contributed by atoms with Crippen LogP contribution in [0, 0.1) is 5.41 Å². The van der Waals surface area contributed by atoms with Crippen molar-refractivity contribution in [2.45, 2.75) is 38.0 Å². The molecule has 1 aromatic heterocycles. The first-order valence-electron chi connectivity index (χ1n) is 7.72. The molecule has 0 atom stereocenters. The lowest BCUT2D eigenvalue weighted by Gasteiger charge is -2.38. The van der Waals surface area contributed by atoms with E-state index in [1.165, 1.54) is 19.3 Å². The molecule has 116 valence electrons. The third-order valence-electron chi connectivity index (χ3n) is 5.17. The third kappa shape index (κ3) is 2.81. The van der Waals surface area contributed by atoms with E-state index >= 15 is 0 Å². The molecule has 6 heteroatoms. The van der Waals surface area contributed by atoms with Crippen molar-refractivity contribution in [1.82, 2.24) is 15.4 Å².